The van der Waals surface area contributed by atoms with Crippen LogP contribution in [0.4, 0.5) is 0 Å². The zero-order chi connectivity index (χ0) is 15.1. The molecule has 1 aliphatic heterocycles. The largest absolute Gasteiger partial charge is 0.311 e. The van der Waals surface area contributed by atoms with Gasteiger partial charge in [-0.25, -0.2) is 0 Å². The number of rotatable bonds is 2. The molecule has 1 saturated carbocycles. The van der Waals surface area contributed by atoms with E-state index in [0.29, 0.717) is 16.4 Å². The number of halogens is 1. The molecular formula is C18H19BrN2O. The van der Waals surface area contributed by atoms with Crippen molar-refractivity contribution in [2.45, 2.75) is 37.9 Å². The molecule has 1 fully saturated rings. The fourth-order valence-electron chi connectivity index (χ4n) is 3.64. The van der Waals surface area contributed by atoms with E-state index in [1.807, 2.05) is 10.6 Å². The van der Waals surface area contributed by atoms with Crippen LogP contribution in [0.2, 0.25) is 0 Å². The van der Waals surface area contributed by atoms with E-state index in [-0.39, 0.29) is 5.56 Å². The van der Waals surface area contributed by atoms with Crippen LogP contribution in [0.1, 0.15) is 30.0 Å². The number of aromatic nitrogens is 1. The van der Waals surface area contributed by atoms with E-state index in [1.165, 1.54) is 17.7 Å². The summed E-state index contributed by atoms with van der Waals surface area (Å²) in [5, 5.41) is 0. The summed E-state index contributed by atoms with van der Waals surface area (Å²) in [6, 6.07) is 15.3. The average Bonchev–Trinajstić information content (AvgIpc) is 3.30. The highest BCUT2D eigenvalue weighted by Gasteiger charge is 2.44. The standard InChI is InChI=1S/C18H19BrN2O/c19-15-7-8-16-14-11-17(14)20(9-4-10-21(16)18(15)22)12-13-5-2-1-3-6-13/h1-3,5-8,14,17H,4,9-12H2. The van der Waals surface area contributed by atoms with Crippen LogP contribution in [0.25, 0.3) is 0 Å². The summed E-state index contributed by atoms with van der Waals surface area (Å²) in [4.78, 5) is 14.9. The van der Waals surface area contributed by atoms with Crippen molar-refractivity contribution in [2.75, 3.05) is 6.54 Å². The SMILES string of the molecule is O=c1c(Br)ccc2n1CCCN(Cc1ccccc1)C1CC21. The molecule has 2 unspecified atom stereocenters. The Hall–Kier alpha value is -1.39. The summed E-state index contributed by atoms with van der Waals surface area (Å²) in [5.74, 6) is 0.518. The monoisotopic (exact) mass is 358 g/mol. The van der Waals surface area contributed by atoms with Crippen LogP contribution in [0, 0.1) is 0 Å². The van der Waals surface area contributed by atoms with E-state index in [2.05, 4.69) is 57.2 Å². The molecule has 0 radical (unpaired) electrons. The van der Waals surface area contributed by atoms with Crippen molar-refractivity contribution in [1.29, 1.82) is 0 Å². The molecule has 2 atom stereocenters. The van der Waals surface area contributed by atoms with Gasteiger partial charge in [0.1, 0.15) is 0 Å². The van der Waals surface area contributed by atoms with E-state index in [1.54, 1.807) is 0 Å². The van der Waals surface area contributed by atoms with Gasteiger partial charge in [0.25, 0.3) is 5.56 Å². The summed E-state index contributed by atoms with van der Waals surface area (Å²) >= 11 is 3.37. The predicted octanol–water partition coefficient (Wildman–Crippen LogP) is 3.37. The van der Waals surface area contributed by atoms with Crippen LogP contribution in [-0.4, -0.2) is 22.1 Å². The van der Waals surface area contributed by atoms with Crippen LogP contribution in [0.5, 0.6) is 0 Å². The lowest BCUT2D eigenvalue weighted by molar-refractivity contribution is 0.233. The Morgan fingerprint density at radius 3 is 2.73 bits per heavy atom. The molecule has 1 aliphatic carbocycles. The van der Waals surface area contributed by atoms with Crippen LogP contribution in [0.15, 0.2) is 51.7 Å². The lowest BCUT2D eigenvalue weighted by atomic mass is 10.1. The van der Waals surface area contributed by atoms with Crippen LogP contribution >= 0.6 is 15.9 Å². The molecule has 1 aromatic heterocycles. The number of hydrogen-bond donors (Lipinski definition) is 0. The molecule has 22 heavy (non-hydrogen) atoms. The molecule has 0 amide bonds. The van der Waals surface area contributed by atoms with Gasteiger partial charge >= 0.3 is 0 Å². The van der Waals surface area contributed by atoms with Crippen molar-refractivity contribution in [3.05, 3.63) is 68.5 Å². The first-order chi connectivity index (χ1) is 10.7. The van der Waals surface area contributed by atoms with Crippen LogP contribution in [0.3, 0.4) is 0 Å². The summed E-state index contributed by atoms with van der Waals surface area (Å²) in [6.07, 6.45) is 2.20. The van der Waals surface area contributed by atoms with Crippen molar-refractivity contribution >= 4 is 15.9 Å². The highest BCUT2D eigenvalue weighted by atomic mass is 79.9. The zero-order valence-corrected chi connectivity index (χ0v) is 14.0. The van der Waals surface area contributed by atoms with Gasteiger partial charge in [0.15, 0.2) is 0 Å². The van der Waals surface area contributed by atoms with Crippen molar-refractivity contribution in [3.63, 3.8) is 0 Å². The summed E-state index contributed by atoms with van der Waals surface area (Å²) in [5.41, 5.74) is 2.72. The highest BCUT2D eigenvalue weighted by Crippen LogP contribution is 2.45. The molecule has 4 heteroatoms. The van der Waals surface area contributed by atoms with Gasteiger partial charge < -0.3 is 4.57 Å². The lowest BCUT2D eigenvalue weighted by Gasteiger charge is -2.26. The first-order valence-corrected chi connectivity index (χ1v) is 8.70. The third-order valence-electron chi connectivity index (χ3n) is 4.82. The Kier molecular flexibility index (Phi) is 3.66. The Labute approximate surface area is 138 Å². The zero-order valence-electron chi connectivity index (χ0n) is 12.4. The Morgan fingerprint density at radius 1 is 1.09 bits per heavy atom. The lowest BCUT2D eigenvalue weighted by Crippen LogP contribution is -2.33. The minimum absolute atomic E-state index is 0.125. The molecule has 0 spiro atoms. The summed E-state index contributed by atoms with van der Waals surface area (Å²) in [6.45, 7) is 2.90. The van der Waals surface area contributed by atoms with E-state index >= 15 is 0 Å². The van der Waals surface area contributed by atoms with Crippen LogP contribution < -0.4 is 5.56 Å². The van der Waals surface area contributed by atoms with Crippen LogP contribution in [-0.2, 0) is 13.1 Å². The molecule has 2 heterocycles. The van der Waals surface area contributed by atoms with Gasteiger partial charge in [-0.05, 0) is 46.5 Å². The van der Waals surface area contributed by atoms with Crippen molar-refractivity contribution in [3.8, 4) is 0 Å². The molecule has 2 aliphatic rings. The molecule has 0 saturated heterocycles. The first-order valence-electron chi connectivity index (χ1n) is 7.91. The predicted molar refractivity (Wildman–Crippen MR) is 91.0 cm³/mol. The molecule has 3 nitrogen and oxygen atoms in total. The quantitative estimate of drug-likeness (QED) is 0.822. The number of nitrogens with zero attached hydrogens (tertiary/aromatic N) is 2. The number of fused-ring (bicyclic) bond motifs is 3. The fourth-order valence-corrected chi connectivity index (χ4v) is 3.98. The van der Waals surface area contributed by atoms with E-state index in [0.717, 1.165) is 26.1 Å². The number of pyridine rings is 1. The Balaban J connectivity index is 1.60. The first kappa shape index (κ1) is 14.2. The molecular weight excluding hydrogens is 340 g/mol. The Morgan fingerprint density at radius 2 is 1.91 bits per heavy atom. The molecule has 4 rings (SSSR count). The number of hydrogen-bond acceptors (Lipinski definition) is 2. The maximum Gasteiger partial charge on any atom is 0.265 e. The molecule has 1 aromatic carbocycles. The number of benzene rings is 1. The summed E-state index contributed by atoms with van der Waals surface area (Å²) in [7, 11) is 0. The second kappa shape index (κ2) is 5.67. The van der Waals surface area contributed by atoms with Crippen molar-refractivity contribution in [2.24, 2.45) is 0 Å². The molecule has 114 valence electrons. The summed E-state index contributed by atoms with van der Waals surface area (Å²) < 4.78 is 2.66. The maximum atomic E-state index is 12.3. The second-order valence-electron chi connectivity index (χ2n) is 6.28. The fraction of sp³-hybridized carbons (Fsp3) is 0.389. The van der Waals surface area contributed by atoms with Gasteiger partial charge in [-0.2, -0.15) is 0 Å². The van der Waals surface area contributed by atoms with Gasteiger partial charge in [-0.15, -0.1) is 0 Å². The smallest absolute Gasteiger partial charge is 0.265 e. The molecule has 0 N–H and O–H groups in total. The Bertz CT molecular complexity index is 740. The van der Waals surface area contributed by atoms with E-state index in [9.17, 15) is 4.79 Å². The van der Waals surface area contributed by atoms with Gasteiger partial charge in [-0.1, -0.05) is 30.3 Å². The minimum atomic E-state index is 0.125. The van der Waals surface area contributed by atoms with Gasteiger partial charge in [0, 0.05) is 37.3 Å². The topological polar surface area (TPSA) is 25.2 Å². The van der Waals surface area contributed by atoms with Gasteiger partial charge in [0.2, 0.25) is 0 Å². The van der Waals surface area contributed by atoms with E-state index < -0.39 is 0 Å². The second-order valence-corrected chi connectivity index (χ2v) is 7.14. The molecule has 0 bridgehead atoms. The maximum absolute atomic E-state index is 12.3. The average molecular weight is 359 g/mol. The third-order valence-corrected chi connectivity index (χ3v) is 5.43. The highest BCUT2D eigenvalue weighted by molar-refractivity contribution is 9.10. The van der Waals surface area contributed by atoms with E-state index in [4.69, 9.17) is 0 Å². The normalized spacial score (nSPS) is 24.0. The molecule has 2 aromatic rings. The van der Waals surface area contributed by atoms with Gasteiger partial charge in [-0.3, -0.25) is 9.69 Å². The minimum Gasteiger partial charge on any atom is -0.311 e. The van der Waals surface area contributed by atoms with Gasteiger partial charge in [0.05, 0.1) is 4.47 Å². The van der Waals surface area contributed by atoms with Crippen molar-refractivity contribution < 1.29 is 0 Å². The van der Waals surface area contributed by atoms with Crippen molar-refractivity contribution in [1.82, 2.24) is 9.47 Å². The third kappa shape index (κ3) is 2.55.